The summed E-state index contributed by atoms with van der Waals surface area (Å²) in [5, 5.41) is 0. The van der Waals surface area contributed by atoms with E-state index in [-0.39, 0.29) is 0 Å². The van der Waals surface area contributed by atoms with Crippen molar-refractivity contribution in [3.8, 4) is 0 Å². The van der Waals surface area contributed by atoms with Crippen LogP contribution in [-0.2, 0) is 9.47 Å². The summed E-state index contributed by atoms with van der Waals surface area (Å²) in [5.41, 5.74) is 0. The minimum absolute atomic E-state index is 0.380. The molecule has 0 aromatic rings. The Kier molecular flexibility index (Phi) is 1.90. The fourth-order valence-electron chi connectivity index (χ4n) is 2.45. The molecule has 0 aromatic heterocycles. The fraction of sp³-hybridized carbons (Fsp3) is 1.00. The zero-order valence-corrected chi connectivity index (χ0v) is 7.25. The fourth-order valence-corrected chi connectivity index (χ4v) is 2.45. The minimum atomic E-state index is 0.380. The number of rotatable bonds is 1. The van der Waals surface area contributed by atoms with Crippen molar-refractivity contribution in [1.82, 2.24) is 0 Å². The van der Waals surface area contributed by atoms with Crippen LogP contribution >= 0.6 is 0 Å². The van der Waals surface area contributed by atoms with E-state index < -0.39 is 0 Å². The molecule has 0 N–H and O–H groups in total. The van der Waals surface area contributed by atoms with Crippen LogP contribution < -0.4 is 0 Å². The topological polar surface area (TPSA) is 18.5 Å². The van der Waals surface area contributed by atoms with E-state index in [0.29, 0.717) is 18.1 Å². The van der Waals surface area contributed by atoms with Crippen LogP contribution in [0, 0.1) is 11.8 Å². The lowest BCUT2D eigenvalue weighted by molar-refractivity contribution is 0.0541. The van der Waals surface area contributed by atoms with Crippen molar-refractivity contribution < 1.29 is 9.47 Å². The average Bonchev–Trinajstić information content (AvgIpc) is 2.45. The van der Waals surface area contributed by atoms with Crippen molar-refractivity contribution >= 4 is 0 Å². The highest BCUT2D eigenvalue weighted by Gasteiger charge is 2.43. The lowest BCUT2D eigenvalue weighted by Gasteiger charge is -2.13. The molecule has 0 radical (unpaired) electrons. The molecule has 0 spiro atoms. The first kappa shape index (κ1) is 7.56. The van der Waals surface area contributed by atoms with Crippen molar-refractivity contribution in [2.45, 2.75) is 32.0 Å². The molecular formula is C9H16O2. The molecule has 2 aliphatic rings. The zero-order chi connectivity index (χ0) is 7.84. The molecule has 11 heavy (non-hydrogen) atoms. The molecule has 1 aliphatic carbocycles. The van der Waals surface area contributed by atoms with E-state index in [9.17, 15) is 0 Å². The van der Waals surface area contributed by atoms with Gasteiger partial charge in [0.25, 0.3) is 0 Å². The van der Waals surface area contributed by atoms with E-state index in [2.05, 4.69) is 6.92 Å². The molecular weight excluding hydrogens is 140 g/mol. The Labute approximate surface area is 67.9 Å². The normalized spacial score (nSPS) is 49.6. The molecule has 0 amide bonds. The SMILES string of the molecule is COC1COC2CC(C)CC12. The van der Waals surface area contributed by atoms with Gasteiger partial charge in [0.1, 0.15) is 0 Å². The van der Waals surface area contributed by atoms with Crippen molar-refractivity contribution in [1.29, 1.82) is 0 Å². The first-order chi connectivity index (χ1) is 5.31. The summed E-state index contributed by atoms with van der Waals surface area (Å²) in [5.74, 6) is 1.53. The van der Waals surface area contributed by atoms with Gasteiger partial charge in [-0.3, -0.25) is 0 Å². The molecule has 1 saturated carbocycles. The number of fused-ring (bicyclic) bond motifs is 1. The van der Waals surface area contributed by atoms with Gasteiger partial charge in [0, 0.05) is 13.0 Å². The van der Waals surface area contributed by atoms with Gasteiger partial charge in [-0.1, -0.05) is 6.92 Å². The van der Waals surface area contributed by atoms with Crippen LogP contribution in [0.3, 0.4) is 0 Å². The van der Waals surface area contributed by atoms with Crippen molar-refractivity contribution in [2.75, 3.05) is 13.7 Å². The zero-order valence-electron chi connectivity index (χ0n) is 7.25. The van der Waals surface area contributed by atoms with Crippen LogP contribution in [0.4, 0.5) is 0 Å². The highest BCUT2D eigenvalue weighted by molar-refractivity contribution is 4.91. The highest BCUT2D eigenvalue weighted by Crippen LogP contribution is 2.40. The number of methoxy groups -OCH3 is 1. The van der Waals surface area contributed by atoms with E-state index in [4.69, 9.17) is 9.47 Å². The predicted molar refractivity (Wildman–Crippen MR) is 42.4 cm³/mol. The predicted octanol–water partition coefficient (Wildman–Crippen LogP) is 1.45. The van der Waals surface area contributed by atoms with Gasteiger partial charge in [0.2, 0.25) is 0 Å². The Balaban J connectivity index is 2.01. The summed E-state index contributed by atoms with van der Waals surface area (Å²) in [6, 6.07) is 0. The summed E-state index contributed by atoms with van der Waals surface area (Å²) in [6.07, 6.45) is 3.42. The molecule has 0 bridgehead atoms. The van der Waals surface area contributed by atoms with Crippen molar-refractivity contribution in [3.05, 3.63) is 0 Å². The standard InChI is InChI=1S/C9H16O2/c1-6-3-7-8(4-6)11-5-9(7)10-2/h6-9H,3-5H2,1-2H3. The van der Waals surface area contributed by atoms with Gasteiger partial charge in [-0.15, -0.1) is 0 Å². The van der Waals surface area contributed by atoms with E-state index in [1.807, 2.05) is 0 Å². The second-order valence-electron chi connectivity index (χ2n) is 3.89. The maximum atomic E-state index is 5.63. The highest BCUT2D eigenvalue weighted by atomic mass is 16.5. The molecule has 1 aliphatic heterocycles. The molecule has 2 heteroatoms. The van der Waals surface area contributed by atoms with Gasteiger partial charge in [-0.2, -0.15) is 0 Å². The Bertz CT molecular complexity index is 144. The third-order valence-electron chi connectivity index (χ3n) is 3.04. The van der Waals surface area contributed by atoms with E-state index >= 15 is 0 Å². The summed E-state index contributed by atoms with van der Waals surface area (Å²) < 4.78 is 11.0. The Hall–Kier alpha value is -0.0800. The van der Waals surface area contributed by atoms with Crippen LogP contribution in [-0.4, -0.2) is 25.9 Å². The molecule has 1 saturated heterocycles. The smallest absolute Gasteiger partial charge is 0.0857 e. The van der Waals surface area contributed by atoms with Gasteiger partial charge in [0.15, 0.2) is 0 Å². The Morgan fingerprint density at radius 2 is 2.18 bits per heavy atom. The molecule has 4 unspecified atom stereocenters. The maximum absolute atomic E-state index is 5.63. The number of hydrogen-bond donors (Lipinski definition) is 0. The van der Waals surface area contributed by atoms with Crippen LogP contribution in [0.5, 0.6) is 0 Å². The van der Waals surface area contributed by atoms with Crippen LogP contribution in [0.15, 0.2) is 0 Å². The molecule has 0 aromatic carbocycles. The Morgan fingerprint density at radius 1 is 1.36 bits per heavy atom. The van der Waals surface area contributed by atoms with Gasteiger partial charge in [0.05, 0.1) is 18.8 Å². The average molecular weight is 156 g/mol. The maximum Gasteiger partial charge on any atom is 0.0857 e. The molecule has 2 fully saturated rings. The van der Waals surface area contributed by atoms with Crippen molar-refractivity contribution in [2.24, 2.45) is 11.8 Å². The summed E-state index contributed by atoms with van der Waals surface area (Å²) >= 11 is 0. The molecule has 4 atom stereocenters. The molecule has 64 valence electrons. The molecule has 2 nitrogen and oxygen atoms in total. The van der Waals surface area contributed by atoms with Crippen molar-refractivity contribution in [3.63, 3.8) is 0 Å². The third-order valence-corrected chi connectivity index (χ3v) is 3.04. The minimum Gasteiger partial charge on any atom is -0.379 e. The second kappa shape index (κ2) is 2.76. The second-order valence-corrected chi connectivity index (χ2v) is 3.89. The van der Waals surface area contributed by atoms with Crippen LogP contribution in [0.2, 0.25) is 0 Å². The molecule has 2 rings (SSSR count). The summed E-state index contributed by atoms with van der Waals surface area (Å²) in [6.45, 7) is 3.12. The van der Waals surface area contributed by atoms with E-state index in [0.717, 1.165) is 12.5 Å². The Morgan fingerprint density at radius 3 is 2.91 bits per heavy atom. The monoisotopic (exact) mass is 156 g/mol. The lowest BCUT2D eigenvalue weighted by Crippen LogP contribution is -2.21. The van der Waals surface area contributed by atoms with Gasteiger partial charge in [-0.25, -0.2) is 0 Å². The van der Waals surface area contributed by atoms with Gasteiger partial charge >= 0.3 is 0 Å². The quantitative estimate of drug-likeness (QED) is 0.572. The van der Waals surface area contributed by atoms with Crippen LogP contribution in [0.25, 0.3) is 0 Å². The number of ether oxygens (including phenoxy) is 2. The largest absolute Gasteiger partial charge is 0.379 e. The lowest BCUT2D eigenvalue weighted by atomic mass is 10.0. The van der Waals surface area contributed by atoms with Gasteiger partial charge < -0.3 is 9.47 Å². The van der Waals surface area contributed by atoms with Gasteiger partial charge in [-0.05, 0) is 18.8 Å². The van der Waals surface area contributed by atoms with E-state index in [1.165, 1.54) is 12.8 Å². The van der Waals surface area contributed by atoms with Crippen LogP contribution in [0.1, 0.15) is 19.8 Å². The molecule has 1 heterocycles. The third kappa shape index (κ3) is 1.18. The first-order valence-corrected chi connectivity index (χ1v) is 4.45. The summed E-state index contributed by atoms with van der Waals surface area (Å²) in [7, 11) is 1.79. The summed E-state index contributed by atoms with van der Waals surface area (Å²) in [4.78, 5) is 0. The first-order valence-electron chi connectivity index (χ1n) is 4.45. The number of hydrogen-bond acceptors (Lipinski definition) is 2. The van der Waals surface area contributed by atoms with E-state index in [1.54, 1.807) is 7.11 Å².